The summed E-state index contributed by atoms with van der Waals surface area (Å²) in [5.74, 6) is -1.28. The van der Waals surface area contributed by atoms with Gasteiger partial charge in [-0.3, -0.25) is 4.79 Å². The predicted molar refractivity (Wildman–Crippen MR) is 75.8 cm³/mol. The zero-order valence-corrected chi connectivity index (χ0v) is 12.4. The third kappa shape index (κ3) is 3.27. The number of hydrogen-bond acceptors (Lipinski definition) is 4. The van der Waals surface area contributed by atoms with E-state index in [4.69, 9.17) is 5.11 Å². The minimum Gasteiger partial charge on any atom is -0.481 e. The first-order chi connectivity index (χ1) is 9.51. The SMILES string of the molecule is CCc1nc(C(C)NC(=O)N2CCC(C(=O)O)C2)cs1. The van der Waals surface area contributed by atoms with Crippen molar-refractivity contribution in [2.24, 2.45) is 5.92 Å². The zero-order chi connectivity index (χ0) is 14.7. The van der Waals surface area contributed by atoms with E-state index in [1.54, 1.807) is 16.2 Å². The maximum Gasteiger partial charge on any atom is 0.317 e. The average Bonchev–Trinajstić information content (AvgIpc) is 3.07. The molecule has 0 saturated carbocycles. The Morgan fingerprint density at radius 3 is 2.95 bits per heavy atom. The summed E-state index contributed by atoms with van der Waals surface area (Å²) >= 11 is 1.59. The Balaban J connectivity index is 1.89. The minimum atomic E-state index is -0.833. The molecule has 2 rings (SSSR count). The molecule has 110 valence electrons. The molecule has 0 spiro atoms. The van der Waals surface area contributed by atoms with Crippen molar-refractivity contribution in [2.45, 2.75) is 32.7 Å². The topological polar surface area (TPSA) is 82.5 Å². The van der Waals surface area contributed by atoms with E-state index in [9.17, 15) is 9.59 Å². The zero-order valence-electron chi connectivity index (χ0n) is 11.6. The van der Waals surface area contributed by atoms with Gasteiger partial charge in [-0.25, -0.2) is 9.78 Å². The van der Waals surface area contributed by atoms with Crippen molar-refractivity contribution in [1.29, 1.82) is 0 Å². The molecule has 0 bridgehead atoms. The van der Waals surface area contributed by atoms with Gasteiger partial charge < -0.3 is 15.3 Å². The second-order valence-corrected chi connectivity index (χ2v) is 5.90. The first-order valence-corrected chi connectivity index (χ1v) is 7.61. The van der Waals surface area contributed by atoms with Crippen molar-refractivity contribution in [3.8, 4) is 0 Å². The lowest BCUT2D eigenvalue weighted by Crippen LogP contribution is -2.40. The fourth-order valence-electron chi connectivity index (χ4n) is 2.18. The minimum absolute atomic E-state index is 0.164. The van der Waals surface area contributed by atoms with Gasteiger partial charge in [0.2, 0.25) is 0 Å². The fraction of sp³-hybridized carbons (Fsp3) is 0.615. The van der Waals surface area contributed by atoms with E-state index < -0.39 is 11.9 Å². The lowest BCUT2D eigenvalue weighted by molar-refractivity contribution is -0.141. The molecule has 2 atom stereocenters. The van der Waals surface area contributed by atoms with Crippen LogP contribution in [0.4, 0.5) is 4.79 Å². The highest BCUT2D eigenvalue weighted by atomic mass is 32.1. The van der Waals surface area contributed by atoms with E-state index in [0.29, 0.717) is 13.0 Å². The Kier molecular flexibility index (Phi) is 4.59. The number of hydrogen-bond donors (Lipinski definition) is 2. The first-order valence-electron chi connectivity index (χ1n) is 6.73. The fourth-order valence-corrected chi connectivity index (χ4v) is 3.02. The molecule has 20 heavy (non-hydrogen) atoms. The lowest BCUT2D eigenvalue weighted by atomic mass is 10.1. The number of aryl methyl sites for hydroxylation is 1. The normalized spacial score (nSPS) is 19.9. The predicted octanol–water partition coefficient (Wildman–Crippen LogP) is 1.88. The van der Waals surface area contributed by atoms with Crippen LogP contribution < -0.4 is 5.32 Å². The smallest absolute Gasteiger partial charge is 0.317 e. The maximum atomic E-state index is 12.1. The third-order valence-corrected chi connectivity index (χ3v) is 4.49. The quantitative estimate of drug-likeness (QED) is 0.889. The van der Waals surface area contributed by atoms with Crippen LogP contribution in [0.25, 0.3) is 0 Å². The van der Waals surface area contributed by atoms with Crippen LogP contribution in [0.5, 0.6) is 0 Å². The van der Waals surface area contributed by atoms with Gasteiger partial charge in [-0.05, 0) is 19.8 Å². The molecule has 7 heteroatoms. The molecule has 0 aromatic carbocycles. The van der Waals surface area contributed by atoms with E-state index in [0.717, 1.165) is 17.1 Å². The third-order valence-electron chi connectivity index (χ3n) is 3.48. The Morgan fingerprint density at radius 2 is 2.40 bits per heavy atom. The van der Waals surface area contributed by atoms with Crippen molar-refractivity contribution in [2.75, 3.05) is 13.1 Å². The van der Waals surface area contributed by atoms with Gasteiger partial charge in [-0.15, -0.1) is 11.3 Å². The number of thiazole rings is 1. The first kappa shape index (κ1) is 14.8. The number of carbonyl (C=O) groups is 2. The number of amides is 2. The van der Waals surface area contributed by atoms with Crippen LogP contribution in [0.3, 0.4) is 0 Å². The highest BCUT2D eigenvalue weighted by molar-refractivity contribution is 7.09. The lowest BCUT2D eigenvalue weighted by Gasteiger charge is -2.19. The number of aromatic nitrogens is 1. The summed E-state index contributed by atoms with van der Waals surface area (Å²) in [5, 5.41) is 14.8. The molecule has 1 aromatic heterocycles. The molecule has 2 N–H and O–H groups in total. The van der Waals surface area contributed by atoms with Gasteiger partial charge >= 0.3 is 12.0 Å². The molecule has 1 saturated heterocycles. The van der Waals surface area contributed by atoms with E-state index in [1.165, 1.54) is 0 Å². The second-order valence-electron chi connectivity index (χ2n) is 4.96. The second kappa shape index (κ2) is 6.21. The van der Waals surface area contributed by atoms with E-state index in [1.807, 2.05) is 19.2 Å². The molecule has 2 amide bonds. The van der Waals surface area contributed by atoms with E-state index in [-0.39, 0.29) is 18.6 Å². The summed E-state index contributed by atoms with van der Waals surface area (Å²) in [6.07, 6.45) is 1.41. The summed E-state index contributed by atoms with van der Waals surface area (Å²) in [4.78, 5) is 29.0. The van der Waals surface area contributed by atoms with Crippen molar-refractivity contribution in [1.82, 2.24) is 15.2 Å². The number of nitrogens with one attached hydrogen (secondary N) is 1. The van der Waals surface area contributed by atoms with Gasteiger partial charge in [0, 0.05) is 18.5 Å². The van der Waals surface area contributed by atoms with Crippen molar-refractivity contribution in [3.05, 3.63) is 16.1 Å². The molecular formula is C13H19N3O3S. The molecule has 2 heterocycles. The van der Waals surface area contributed by atoms with Gasteiger partial charge in [0.15, 0.2) is 0 Å². The largest absolute Gasteiger partial charge is 0.481 e. The standard InChI is InChI=1S/C13H19N3O3S/c1-3-11-15-10(7-20-11)8(2)14-13(19)16-5-4-9(6-16)12(17)18/h7-9H,3-6H2,1-2H3,(H,14,19)(H,17,18). The van der Waals surface area contributed by atoms with Crippen LogP contribution in [0.15, 0.2) is 5.38 Å². The van der Waals surface area contributed by atoms with Crippen LogP contribution in [0, 0.1) is 5.92 Å². The van der Waals surface area contributed by atoms with Crippen LogP contribution in [-0.2, 0) is 11.2 Å². The number of rotatable bonds is 4. The van der Waals surface area contributed by atoms with Crippen LogP contribution >= 0.6 is 11.3 Å². The molecule has 6 nitrogen and oxygen atoms in total. The maximum absolute atomic E-state index is 12.1. The van der Waals surface area contributed by atoms with Crippen LogP contribution in [-0.4, -0.2) is 40.1 Å². The Bertz CT molecular complexity index is 503. The Hall–Kier alpha value is -1.63. The van der Waals surface area contributed by atoms with Crippen molar-refractivity contribution < 1.29 is 14.7 Å². The van der Waals surface area contributed by atoms with Crippen LogP contribution in [0.1, 0.15) is 37.0 Å². The molecule has 1 aliphatic heterocycles. The summed E-state index contributed by atoms with van der Waals surface area (Å²) in [5.41, 5.74) is 0.856. The number of aliphatic carboxylic acids is 1. The summed E-state index contributed by atoms with van der Waals surface area (Å²) in [6.45, 7) is 4.71. The van der Waals surface area contributed by atoms with Crippen molar-refractivity contribution in [3.63, 3.8) is 0 Å². The average molecular weight is 297 g/mol. The molecule has 1 fully saturated rings. The van der Waals surface area contributed by atoms with Crippen molar-refractivity contribution >= 4 is 23.3 Å². The van der Waals surface area contributed by atoms with Gasteiger partial charge in [0.1, 0.15) is 0 Å². The van der Waals surface area contributed by atoms with Crippen LogP contribution in [0.2, 0.25) is 0 Å². The number of urea groups is 1. The number of nitrogens with zero attached hydrogens (tertiary/aromatic N) is 2. The Labute approximate surface area is 121 Å². The summed E-state index contributed by atoms with van der Waals surface area (Å²) in [6, 6.07) is -0.379. The molecule has 0 aliphatic carbocycles. The molecular weight excluding hydrogens is 278 g/mol. The number of likely N-dealkylation sites (tertiary alicyclic amines) is 1. The molecule has 1 aromatic rings. The van der Waals surface area contributed by atoms with E-state index in [2.05, 4.69) is 10.3 Å². The molecule has 0 radical (unpaired) electrons. The van der Waals surface area contributed by atoms with Gasteiger partial charge in [0.05, 0.1) is 22.7 Å². The van der Waals surface area contributed by atoms with Gasteiger partial charge in [-0.2, -0.15) is 0 Å². The monoisotopic (exact) mass is 297 g/mol. The highest BCUT2D eigenvalue weighted by Crippen LogP contribution is 2.19. The molecule has 1 aliphatic rings. The van der Waals surface area contributed by atoms with Gasteiger partial charge in [0.25, 0.3) is 0 Å². The summed E-state index contributed by atoms with van der Waals surface area (Å²) in [7, 11) is 0. The van der Waals surface area contributed by atoms with Gasteiger partial charge in [-0.1, -0.05) is 6.92 Å². The Morgan fingerprint density at radius 1 is 1.65 bits per heavy atom. The number of carbonyl (C=O) groups excluding carboxylic acids is 1. The van der Waals surface area contributed by atoms with E-state index >= 15 is 0 Å². The summed E-state index contributed by atoms with van der Waals surface area (Å²) < 4.78 is 0. The molecule has 2 unspecified atom stereocenters. The highest BCUT2D eigenvalue weighted by Gasteiger charge is 2.31. The number of carboxylic acids is 1. The number of carboxylic acid groups (broad SMARTS) is 1.